The maximum atomic E-state index is 12.3. The van der Waals surface area contributed by atoms with Gasteiger partial charge in [0.05, 0.1) is 5.69 Å². The summed E-state index contributed by atoms with van der Waals surface area (Å²) < 4.78 is 0. The second kappa shape index (κ2) is 7.67. The Labute approximate surface area is 148 Å². The lowest BCUT2D eigenvalue weighted by atomic mass is 9.86. The topological polar surface area (TPSA) is 32.7 Å². The SMILES string of the molecule is CN(C)C(=O)Sc1c(C=Nc2ccccc2)cccc1C(C)(C)C. The molecule has 0 aliphatic heterocycles. The molecule has 2 aromatic rings. The Kier molecular flexibility index (Phi) is 5.84. The molecule has 0 heterocycles. The fraction of sp³-hybridized carbons (Fsp3) is 0.300. The molecule has 24 heavy (non-hydrogen) atoms. The molecule has 0 radical (unpaired) electrons. The van der Waals surface area contributed by atoms with Crippen LogP contribution in [0, 0.1) is 0 Å². The molecule has 0 saturated heterocycles. The van der Waals surface area contributed by atoms with Crippen LogP contribution in [0.1, 0.15) is 31.9 Å². The smallest absolute Gasteiger partial charge is 0.285 e. The molecule has 0 unspecified atom stereocenters. The van der Waals surface area contributed by atoms with E-state index in [0.717, 1.165) is 21.7 Å². The summed E-state index contributed by atoms with van der Waals surface area (Å²) in [7, 11) is 3.54. The highest BCUT2D eigenvalue weighted by atomic mass is 32.2. The van der Waals surface area contributed by atoms with E-state index in [2.05, 4.69) is 31.8 Å². The number of para-hydroxylation sites is 1. The van der Waals surface area contributed by atoms with Gasteiger partial charge in [0.25, 0.3) is 5.24 Å². The van der Waals surface area contributed by atoms with Gasteiger partial charge in [-0.05, 0) is 34.9 Å². The summed E-state index contributed by atoms with van der Waals surface area (Å²) in [5.41, 5.74) is 2.96. The number of hydrogen-bond acceptors (Lipinski definition) is 3. The van der Waals surface area contributed by atoms with Crippen molar-refractivity contribution in [2.75, 3.05) is 14.1 Å². The molecule has 1 amide bonds. The van der Waals surface area contributed by atoms with Gasteiger partial charge in [0.2, 0.25) is 0 Å². The average molecular weight is 340 g/mol. The minimum absolute atomic E-state index is 0.0149. The number of hydrogen-bond donors (Lipinski definition) is 0. The number of nitrogens with zero attached hydrogens (tertiary/aromatic N) is 2. The van der Waals surface area contributed by atoms with E-state index in [1.54, 1.807) is 19.0 Å². The fourth-order valence-electron chi connectivity index (χ4n) is 2.20. The lowest BCUT2D eigenvalue weighted by molar-refractivity contribution is 0.241. The van der Waals surface area contributed by atoms with Gasteiger partial charge in [0, 0.05) is 30.8 Å². The first-order chi connectivity index (χ1) is 11.3. The lowest BCUT2D eigenvalue weighted by Gasteiger charge is -2.24. The zero-order valence-electron chi connectivity index (χ0n) is 14.9. The van der Waals surface area contributed by atoms with Crippen molar-refractivity contribution in [3.05, 3.63) is 59.7 Å². The van der Waals surface area contributed by atoms with E-state index in [-0.39, 0.29) is 10.7 Å². The predicted octanol–water partition coefficient (Wildman–Crippen LogP) is 5.51. The van der Waals surface area contributed by atoms with Gasteiger partial charge in [-0.1, -0.05) is 57.2 Å². The van der Waals surface area contributed by atoms with Crippen molar-refractivity contribution in [2.24, 2.45) is 4.99 Å². The first kappa shape index (κ1) is 18.3. The van der Waals surface area contributed by atoms with E-state index < -0.39 is 0 Å². The minimum Gasteiger partial charge on any atom is -0.339 e. The van der Waals surface area contributed by atoms with Crippen molar-refractivity contribution >= 4 is 28.9 Å². The Bertz CT molecular complexity index is 731. The van der Waals surface area contributed by atoms with Crippen LogP contribution in [-0.2, 0) is 5.41 Å². The molecule has 0 atom stereocenters. The zero-order chi connectivity index (χ0) is 17.7. The summed E-state index contributed by atoms with van der Waals surface area (Å²) in [5, 5.41) is 0.0149. The Morgan fingerprint density at radius 3 is 2.29 bits per heavy atom. The molecule has 3 nitrogen and oxygen atoms in total. The van der Waals surface area contributed by atoms with E-state index in [1.807, 2.05) is 48.7 Å². The highest BCUT2D eigenvalue weighted by Crippen LogP contribution is 2.35. The quantitative estimate of drug-likeness (QED) is 0.545. The fourth-order valence-corrected chi connectivity index (χ4v) is 3.28. The number of aliphatic imine (C=N–C) groups is 1. The summed E-state index contributed by atoms with van der Waals surface area (Å²) in [6.07, 6.45) is 1.84. The molecular formula is C20H24N2OS. The number of rotatable bonds is 3. The summed E-state index contributed by atoms with van der Waals surface area (Å²) in [6, 6.07) is 15.9. The molecule has 0 aliphatic carbocycles. The first-order valence-electron chi connectivity index (χ1n) is 7.91. The normalized spacial score (nSPS) is 11.7. The van der Waals surface area contributed by atoms with E-state index in [1.165, 1.54) is 11.8 Å². The Hall–Kier alpha value is -2.07. The third kappa shape index (κ3) is 4.71. The van der Waals surface area contributed by atoms with Gasteiger partial charge in [0.1, 0.15) is 0 Å². The molecule has 0 N–H and O–H groups in total. The van der Waals surface area contributed by atoms with Crippen molar-refractivity contribution < 1.29 is 4.79 Å². The predicted molar refractivity (Wildman–Crippen MR) is 104 cm³/mol. The number of carbonyl (C=O) groups excluding carboxylic acids is 1. The molecular weight excluding hydrogens is 316 g/mol. The maximum Gasteiger partial charge on any atom is 0.285 e. The Morgan fingerprint density at radius 1 is 1.04 bits per heavy atom. The van der Waals surface area contributed by atoms with Crippen molar-refractivity contribution in [1.29, 1.82) is 0 Å². The lowest BCUT2D eigenvalue weighted by Crippen LogP contribution is -2.19. The van der Waals surface area contributed by atoms with Crippen molar-refractivity contribution in [3.8, 4) is 0 Å². The van der Waals surface area contributed by atoms with Gasteiger partial charge in [-0.2, -0.15) is 0 Å². The van der Waals surface area contributed by atoms with Gasteiger partial charge >= 0.3 is 0 Å². The van der Waals surface area contributed by atoms with E-state index in [4.69, 9.17) is 0 Å². The number of benzene rings is 2. The average Bonchev–Trinajstić information content (AvgIpc) is 2.53. The third-order valence-electron chi connectivity index (χ3n) is 3.52. The van der Waals surface area contributed by atoms with Gasteiger partial charge in [-0.3, -0.25) is 9.79 Å². The molecule has 0 spiro atoms. The second-order valence-electron chi connectivity index (χ2n) is 6.83. The molecule has 0 aromatic heterocycles. The van der Waals surface area contributed by atoms with E-state index >= 15 is 0 Å². The van der Waals surface area contributed by atoms with E-state index in [9.17, 15) is 4.79 Å². The van der Waals surface area contributed by atoms with Crippen LogP contribution in [-0.4, -0.2) is 30.4 Å². The van der Waals surface area contributed by atoms with Crippen LogP contribution in [0.2, 0.25) is 0 Å². The zero-order valence-corrected chi connectivity index (χ0v) is 15.7. The molecule has 0 fully saturated rings. The molecule has 4 heteroatoms. The van der Waals surface area contributed by atoms with Crippen LogP contribution in [0.3, 0.4) is 0 Å². The van der Waals surface area contributed by atoms with Crippen LogP contribution in [0.25, 0.3) is 0 Å². The largest absolute Gasteiger partial charge is 0.339 e. The van der Waals surface area contributed by atoms with Gasteiger partial charge in [-0.25, -0.2) is 0 Å². The number of amides is 1. The van der Waals surface area contributed by atoms with Crippen LogP contribution >= 0.6 is 11.8 Å². The Morgan fingerprint density at radius 2 is 1.71 bits per heavy atom. The van der Waals surface area contributed by atoms with Crippen LogP contribution < -0.4 is 0 Å². The van der Waals surface area contributed by atoms with Crippen LogP contribution in [0.15, 0.2) is 58.4 Å². The highest BCUT2D eigenvalue weighted by molar-refractivity contribution is 8.13. The third-order valence-corrected chi connectivity index (χ3v) is 4.72. The molecule has 2 aromatic carbocycles. The Balaban J connectivity index is 2.46. The number of carbonyl (C=O) groups is 1. The number of thioether (sulfide) groups is 1. The highest BCUT2D eigenvalue weighted by Gasteiger charge is 2.22. The van der Waals surface area contributed by atoms with Crippen molar-refractivity contribution in [1.82, 2.24) is 4.90 Å². The molecule has 2 rings (SSSR count). The summed E-state index contributed by atoms with van der Waals surface area (Å²) >= 11 is 1.26. The molecule has 0 aliphatic rings. The summed E-state index contributed by atoms with van der Waals surface area (Å²) in [6.45, 7) is 6.47. The molecule has 126 valence electrons. The van der Waals surface area contributed by atoms with E-state index in [0.29, 0.717) is 0 Å². The minimum atomic E-state index is -0.0501. The maximum absolute atomic E-state index is 12.3. The van der Waals surface area contributed by atoms with Crippen molar-refractivity contribution in [2.45, 2.75) is 31.1 Å². The van der Waals surface area contributed by atoms with Crippen LogP contribution in [0.5, 0.6) is 0 Å². The van der Waals surface area contributed by atoms with Crippen molar-refractivity contribution in [3.63, 3.8) is 0 Å². The van der Waals surface area contributed by atoms with Gasteiger partial charge in [-0.15, -0.1) is 0 Å². The molecule has 0 saturated carbocycles. The second-order valence-corrected chi connectivity index (χ2v) is 7.79. The summed E-state index contributed by atoms with van der Waals surface area (Å²) in [4.78, 5) is 19.4. The standard InChI is InChI=1S/C20H24N2OS/c1-20(2,3)17-13-9-10-15(18(17)24-19(23)22(4)5)14-21-16-11-7-6-8-12-16/h6-14H,1-5H3. The van der Waals surface area contributed by atoms with Gasteiger partial charge in [0.15, 0.2) is 0 Å². The summed E-state index contributed by atoms with van der Waals surface area (Å²) in [5.74, 6) is 0. The van der Waals surface area contributed by atoms with Gasteiger partial charge < -0.3 is 4.90 Å². The molecule has 0 bridgehead atoms. The first-order valence-corrected chi connectivity index (χ1v) is 8.72. The monoisotopic (exact) mass is 340 g/mol. The van der Waals surface area contributed by atoms with Crippen LogP contribution in [0.4, 0.5) is 10.5 Å².